The van der Waals surface area contributed by atoms with Crippen LogP contribution in [0, 0.1) is 6.92 Å². The maximum atomic E-state index is 13.5. The fourth-order valence-electron chi connectivity index (χ4n) is 4.24. The molecule has 0 fully saturated rings. The van der Waals surface area contributed by atoms with Crippen LogP contribution < -0.4 is 18.9 Å². The van der Waals surface area contributed by atoms with Crippen molar-refractivity contribution in [2.45, 2.75) is 33.2 Å². The third-order valence-electron chi connectivity index (χ3n) is 6.00. The van der Waals surface area contributed by atoms with E-state index in [1.54, 1.807) is 21.3 Å². The number of amides is 1. The van der Waals surface area contributed by atoms with Crippen LogP contribution in [0.15, 0.2) is 60.7 Å². The molecular formula is C29H35NO5. The monoisotopic (exact) mass is 477 g/mol. The second kappa shape index (κ2) is 12.2. The molecule has 6 heteroatoms. The number of ether oxygens (including phenoxy) is 4. The van der Waals surface area contributed by atoms with Gasteiger partial charge in [0.05, 0.1) is 27.4 Å². The highest BCUT2D eigenvalue weighted by Crippen LogP contribution is 2.39. The average Bonchev–Trinajstić information content (AvgIpc) is 2.91. The van der Waals surface area contributed by atoms with Gasteiger partial charge in [-0.15, -0.1) is 0 Å². The first-order chi connectivity index (χ1) is 17.0. The van der Waals surface area contributed by atoms with Gasteiger partial charge < -0.3 is 23.8 Å². The van der Waals surface area contributed by atoms with Crippen molar-refractivity contribution >= 4 is 5.91 Å². The predicted molar refractivity (Wildman–Crippen MR) is 138 cm³/mol. The van der Waals surface area contributed by atoms with E-state index in [0.717, 1.165) is 28.9 Å². The van der Waals surface area contributed by atoms with Gasteiger partial charge in [0.15, 0.2) is 11.5 Å². The van der Waals surface area contributed by atoms with Crippen LogP contribution in [0.25, 0.3) is 0 Å². The highest BCUT2D eigenvalue weighted by molar-refractivity contribution is 5.95. The lowest BCUT2D eigenvalue weighted by atomic mass is 9.91. The largest absolute Gasteiger partial charge is 0.497 e. The van der Waals surface area contributed by atoms with Crippen molar-refractivity contribution in [3.63, 3.8) is 0 Å². The Morgan fingerprint density at radius 2 is 1.54 bits per heavy atom. The molecule has 0 aliphatic carbocycles. The number of benzene rings is 3. The maximum absolute atomic E-state index is 13.5. The topological polar surface area (TPSA) is 57.2 Å². The van der Waals surface area contributed by atoms with Crippen molar-refractivity contribution in [2.75, 3.05) is 34.5 Å². The van der Waals surface area contributed by atoms with Crippen molar-refractivity contribution in [1.82, 2.24) is 4.90 Å². The molecule has 1 unspecified atom stereocenters. The summed E-state index contributed by atoms with van der Waals surface area (Å²) in [5.41, 5.74) is 3.86. The molecule has 3 aromatic rings. The van der Waals surface area contributed by atoms with Crippen LogP contribution in [0.2, 0.25) is 0 Å². The number of carbonyl (C=O) groups is 1. The summed E-state index contributed by atoms with van der Waals surface area (Å²) in [6.45, 7) is 6.89. The smallest absolute Gasteiger partial charge is 0.254 e. The predicted octanol–water partition coefficient (Wildman–Crippen LogP) is 5.87. The Balaban J connectivity index is 0.00000167. The fourth-order valence-corrected chi connectivity index (χ4v) is 4.24. The lowest BCUT2D eigenvalue weighted by Crippen LogP contribution is -2.42. The molecule has 6 nitrogen and oxygen atoms in total. The third-order valence-corrected chi connectivity index (χ3v) is 6.00. The highest BCUT2D eigenvalue weighted by Gasteiger charge is 2.33. The van der Waals surface area contributed by atoms with Gasteiger partial charge in [0, 0.05) is 12.1 Å². The first kappa shape index (κ1) is 25.9. The fraction of sp³-hybridized carbons (Fsp3) is 0.345. The van der Waals surface area contributed by atoms with Crippen molar-refractivity contribution in [3.8, 4) is 23.0 Å². The van der Waals surface area contributed by atoms with Crippen LogP contribution in [0.4, 0.5) is 0 Å². The maximum Gasteiger partial charge on any atom is 0.254 e. The normalized spacial score (nSPS) is 14.2. The van der Waals surface area contributed by atoms with E-state index < -0.39 is 0 Å². The summed E-state index contributed by atoms with van der Waals surface area (Å²) in [7, 11) is 4.88. The van der Waals surface area contributed by atoms with Gasteiger partial charge in [-0.25, -0.2) is 0 Å². The molecule has 0 saturated carbocycles. The van der Waals surface area contributed by atoms with Crippen molar-refractivity contribution < 1.29 is 23.7 Å². The number of carbonyl (C=O) groups excluding carboxylic acids is 1. The van der Waals surface area contributed by atoms with Gasteiger partial charge in [-0.1, -0.05) is 31.5 Å². The van der Waals surface area contributed by atoms with Crippen LogP contribution in [0.3, 0.4) is 0 Å². The van der Waals surface area contributed by atoms with Gasteiger partial charge in [-0.3, -0.25) is 4.79 Å². The standard InChI is InChI=1S/C27H29NO5.C2H6/c1-18-6-5-7-20(14-18)27(29)28-13-12-19-15-25(31-3)26(32-4)16-23(19)24(28)17-33-22-10-8-21(30-2)9-11-22;1-2/h5-11,14-16,24H,12-13,17H2,1-4H3;1-2H3. The zero-order valence-electron chi connectivity index (χ0n) is 21.5. The summed E-state index contributed by atoms with van der Waals surface area (Å²) >= 11 is 0. The summed E-state index contributed by atoms with van der Waals surface area (Å²) in [6.07, 6.45) is 0.728. The van der Waals surface area contributed by atoms with Crippen LogP contribution in [-0.4, -0.2) is 45.3 Å². The number of hydrogen-bond donors (Lipinski definition) is 0. The molecule has 1 atom stereocenters. The number of aryl methyl sites for hydroxylation is 1. The zero-order valence-corrected chi connectivity index (χ0v) is 21.5. The Hall–Kier alpha value is -3.67. The Kier molecular flexibility index (Phi) is 9.01. The highest BCUT2D eigenvalue weighted by atomic mass is 16.5. The first-order valence-electron chi connectivity index (χ1n) is 11.9. The molecule has 0 N–H and O–H groups in total. The molecule has 3 aromatic carbocycles. The first-order valence-corrected chi connectivity index (χ1v) is 11.9. The Morgan fingerprint density at radius 3 is 2.17 bits per heavy atom. The molecular weight excluding hydrogens is 442 g/mol. The van der Waals surface area contributed by atoms with Gasteiger partial charge >= 0.3 is 0 Å². The van der Waals surface area contributed by atoms with Crippen LogP contribution in [0.5, 0.6) is 23.0 Å². The minimum absolute atomic E-state index is 0.0116. The van der Waals surface area contributed by atoms with E-state index in [4.69, 9.17) is 18.9 Å². The van der Waals surface area contributed by atoms with Crippen molar-refractivity contribution in [3.05, 3.63) is 82.9 Å². The number of nitrogens with zero attached hydrogens (tertiary/aromatic N) is 1. The van der Waals surface area contributed by atoms with Crippen molar-refractivity contribution in [1.29, 1.82) is 0 Å². The third kappa shape index (κ3) is 5.88. The second-order valence-corrected chi connectivity index (χ2v) is 8.03. The summed E-state index contributed by atoms with van der Waals surface area (Å²) < 4.78 is 22.4. The summed E-state index contributed by atoms with van der Waals surface area (Å²) in [5, 5.41) is 0. The molecule has 0 saturated heterocycles. The lowest BCUT2D eigenvalue weighted by Gasteiger charge is -2.37. The average molecular weight is 478 g/mol. The number of hydrogen-bond acceptors (Lipinski definition) is 5. The van der Waals surface area contributed by atoms with E-state index in [-0.39, 0.29) is 11.9 Å². The molecule has 0 spiro atoms. The molecule has 1 heterocycles. The molecule has 0 radical (unpaired) electrons. The summed E-state index contributed by atoms with van der Waals surface area (Å²) in [6, 6.07) is 18.8. The lowest BCUT2D eigenvalue weighted by molar-refractivity contribution is 0.0589. The molecule has 1 aliphatic heterocycles. The van der Waals surface area contributed by atoms with E-state index in [2.05, 4.69) is 0 Å². The van der Waals surface area contributed by atoms with E-state index in [0.29, 0.717) is 36.0 Å². The SMILES string of the molecule is CC.COc1ccc(OCC2c3cc(OC)c(OC)cc3CCN2C(=O)c2cccc(C)c2)cc1. The molecule has 0 bridgehead atoms. The van der Waals surface area contributed by atoms with E-state index in [9.17, 15) is 4.79 Å². The molecule has 35 heavy (non-hydrogen) atoms. The molecule has 4 rings (SSSR count). The summed E-state index contributed by atoms with van der Waals surface area (Å²) in [5.74, 6) is 2.78. The summed E-state index contributed by atoms with van der Waals surface area (Å²) in [4.78, 5) is 15.4. The van der Waals surface area contributed by atoms with Gasteiger partial charge in [-0.2, -0.15) is 0 Å². The minimum atomic E-state index is -0.274. The van der Waals surface area contributed by atoms with Crippen LogP contribution in [0.1, 0.15) is 46.9 Å². The van der Waals surface area contributed by atoms with E-state index >= 15 is 0 Å². The Bertz CT molecular complexity index is 1130. The molecule has 1 aliphatic rings. The molecule has 186 valence electrons. The number of methoxy groups -OCH3 is 3. The van der Waals surface area contributed by atoms with Gasteiger partial charge in [-0.05, 0) is 73.0 Å². The Labute approximate surface area is 208 Å². The van der Waals surface area contributed by atoms with Gasteiger partial charge in [0.1, 0.15) is 18.1 Å². The zero-order chi connectivity index (χ0) is 25.4. The molecule has 0 aromatic heterocycles. The van der Waals surface area contributed by atoms with Crippen LogP contribution in [-0.2, 0) is 6.42 Å². The molecule has 1 amide bonds. The van der Waals surface area contributed by atoms with Crippen molar-refractivity contribution in [2.24, 2.45) is 0 Å². The number of fused-ring (bicyclic) bond motifs is 1. The van der Waals surface area contributed by atoms with E-state index in [1.165, 1.54) is 0 Å². The van der Waals surface area contributed by atoms with E-state index in [1.807, 2.05) is 86.3 Å². The van der Waals surface area contributed by atoms with Gasteiger partial charge in [0.2, 0.25) is 0 Å². The van der Waals surface area contributed by atoms with Crippen LogP contribution >= 0.6 is 0 Å². The minimum Gasteiger partial charge on any atom is -0.497 e. The number of rotatable bonds is 7. The second-order valence-electron chi connectivity index (χ2n) is 8.03. The van der Waals surface area contributed by atoms with Gasteiger partial charge in [0.25, 0.3) is 5.91 Å². The quantitative estimate of drug-likeness (QED) is 0.426. The Morgan fingerprint density at radius 1 is 0.886 bits per heavy atom.